The van der Waals surface area contributed by atoms with Crippen molar-refractivity contribution in [3.63, 3.8) is 0 Å². The highest BCUT2D eigenvalue weighted by molar-refractivity contribution is 7.99. The Kier molecular flexibility index (Phi) is 5.19. The third-order valence-electron chi connectivity index (χ3n) is 3.32. The van der Waals surface area contributed by atoms with Crippen LogP contribution >= 0.6 is 11.8 Å². The summed E-state index contributed by atoms with van der Waals surface area (Å²) in [7, 11) is 0. The van der Waals surface area contributed by atoms with Gasteiger partial charge in [0.05, 0.1) is 5.25 Å². The van der Waals surface area contributed by atoms with Crippen molar-refractivity contribution in [2.45, 2.75) is 49.7 Å². The van der Waals surface area contributed by atoms with E-state index in [0.717, 1.165) is 12.0 Å². The Bertz CT molecular complexity index is 622. The van der Waals surface area contributed by atoms with Crippen molar-refractivity contribution in [3.8, 4) is 0 Å². The Morgan fingerprint density at radius 3 is 2.62 bits per heavy atom. The summed E-state index contributed by atoms with van der Waals surface area (Å²) in [5, 5.41) is 7.35. The second kappa shape index (κ2) is 6.91. The van der Waals surface area contributed by atoms with Gasteiger partial charge in [0.25, 0.3) is 0 Å². The van der Waals surface area contributed by atoms with Crippen LogP contribution in [-0.2, 0) is 0 Å². The van der Waals surface area contributed by atoms with Gasteiger partial charge in [0.2, 0.25) is 0 Å². The number of hydrogen-bond acceptors (Lipinski definition) is 5. The molecule has 2 atom stereocenters. The highest BCUT2D eigenvalue weighted by Crippen LogP contribution is 2.37. The number of rotatable bonds is 6. The number of pyridine rings is 1. The highest BCUT2D eigenvalue weighted by atomic mass is 32.2. The van der Waals surface area contributed by atoms with E-state index in [1.807, 2.05) is 26.0 Å². The molecule has 6 nitrogen and oxygen atoms in total. The van der Waals surface area contributed by atoms with E-state index in [1.54, 1.807) is 17.0 Å². The minimum atomic E-state index is -0.189. The van der Waals surface area contributed by atoms with E-state index in [1.165, 1.54) is 11.8 Å². The number of aromatic nitrogens is 4. The lowest BCUT2D eigenvalue weighted by molar-refractivity contribution is 0.531. The second-order valence-corrected chi connectivity index (χ2v) is 6.27. The van der Waals surface area contributed by atoms with Crippen molar-refractivity contribution in [1.29, 1.82) is 0 Å². The zero-order chi connectivity index (χ0) is 15.4. The van der Waals surface area contributed by atoms with Crippen molar-refractivity contribution >= 4 is 11.8 Å². The predicted octanol–water partition coefficient (Wildman–Crippen LogP) is 2.12. The van der Waals surface area contributed by atoms with Crippen LogP contribution in [0.4, 0.5) is 0 Å². The lowest BCUT2D eigenvalue weighted by Crippen LogP contribution is -2.26. The minimum absolute atomic E-state index is 0.0233. The lowest BCUT2D eigenvalue weighted by atomic mass is 10.1. The molecule has 0 aliphatic heterocycles. The molecule has 114 valence electrons. The van der Waals surface area contributed by atoms with Gasteiger partial charge in [-0.3, -0.25) is 9.55 Å². The van der Waals surface area contributed by atoms with E-state index in [0.29, 0.717) is 5.16 Å². The molecule has 0 aliphatic carbocycles. The van der Waals surface area contributed by atoms with Gasteiger partial charge in [0.15, 0.2) is 5.16 Å². The maximum absolute atomic E-state index is 11.8. The monoisotopic (exact) mass is 307 g/mol. The van der Waals surface area contributed by atoms with E-state index in [9.17, 15) is 4.79 Å². The van der Waals surface area contributed by atoms with Crippen LogP contribution in [0.3, 0.4) is 0 Å². The topological polar surface area (TPSA) is 89.6 Å². The molecular weight excluding hydrogens is 286 g/mol. The van der Waals surface area contributed by atoms with E-state index < -0.39 is 0 Å². The van der Waals surface area contributed by atoms with Gasteiger partial charge in [-0.2, -0.15) is 0 Å². The summed E-state index contributed by atoms with van der Waals surface area (Å²) >= 11 is 1.52. The molecule has 0 aromatic carbocycles. The molecule has 0 fully saturated rings. The summed E-state index contributed by atoms with van der Waals surface area (Å²) in [5.74, 6) is 0. The van der Waals surface area contributed by atoms with Gasteiger partial charge >= 0.3 is 5.69 Å². The minimum Gasteiger partial charge on any atom is -0.326 e. The van der Waals surface area contributed by atoms with Crippen LogP contribution in [0, 0.1) is 0 Å². The van der Waals surface area contributed by atoms with Gasteiger partial charge in [-0.05, 0) is 38.0 Å². The quantitative estimate of drug-likeness (QED) is 0.798. The van der Waals surface area contributed by atoms with Crippen molar-refractivity contribution in [3.05, 3.63) is 40.6 Å². The Hall–Kier alpha value is -1.60. The van der Waals surface area contributed by atoms with Crippen LogP contribution in [0.15, 0.2) is 34.5 Å². The normalized spacial score (nSPS) is 14.3. The smallest absolute Gasteiger partial charge is 0.326 e. The van der Waals surface area contributed by atoms with Crippen LogP contribution in [0.25, 0.3) is 0 Å². The number of hydrogen-bond donors (Lipinski definition) is 2. The Morgan fingerprint density at radius 1 is 1.38 bits per heavy atom. The van der Waals surface area contributed by atoms with Crippen molar-refractivity contribution < 1.29 is 0 Å². The first kappa shape index (κ1) is 15.8. The van der Waals surface area contributed by atoms with Crippen molar-refractivity contribution in [2.24, 2.45) is 5.73 Å². The van der Waals surface area contributed by atoms with Gasteiger partial charge in [0.1, 0.15) is 0 Å². The molecule has 0 saturated heterocycles. The van der Waals surface area contributed by atoms with Crippen LogP contribution in [-0.4, -0.2) is 25.8 Å². The number of H-pyrrole nitrogens is 1. The summed E-state index contributed by atoms with van der Waals surface area (Å²) in [5.41, 5.74) is 7.17. The summed E-state index contributed by atoms with van der Waals surface area (Å²) in [6.07, 6.45) is 4.35. The zero-order valence-corrected chi connectivity index (χ0v) is 13.3. The van der Waals surface area contributed by atoms with Crippen molar-refractivity contribution in [1.82, 2.24) is 19.7 Å². The third kappa shape index (κ3) is 3.54. The molecule has 3 N–H and O–H groups in total. The molecule has 0 amide bonds. The standard InChI is InChI=1S/C14H21N5OS/c1-4-11(15)12(10-5-7-16-8-6-10)21-14-18-17-13(20)19(14)9(2)3/h5-9,11-12H,4,15H2,1-3H3,(H,17,20). The summed E-state index contributed by atoms with van der Waals surface area (Å²) in [4.78, 5) is 15.9. The maximum atomic E-state index is 11.8. The number of thioether (sulfide) groups is 1. The molecule has 0 saturated carbocycles. The van der Waals surface area contributed by atoms with Gasteiger partial charge in [-0.25, -0.2) is 9.89 Å². The SMILES string of the molecule is CCC(N)C(Sc1n[nH]c(=O)n1C(C)C)c1ccncc1. The average molecular weight is 307 g/mol. The van der Waals surface area contributed by atoms with E-state index in [4.69, 9.17) is 5.73 Å². The number of nitrogens with one attached hydrogen (secondary N) is 1. The first-order valence-corrected chi connectivity index (χ1v) is 7.91. The first-order valence-electron chi connectivity index (χ1n) is 7.03. The lowest BCUT2D eigenvalue weighted by Gasteiger charge is -2.22. The van der Waals surface area contributed by atoms with E-state index >= 15 is 0 Å². The Labute approximate surface area is 128 Å². The maximum Gasteiger partial charge on any atom is 0.344 e. The molecular formula is C14H21N5OS. The van der Waals surface area contributed by atoms with E-state index in [2.05, 4.69) is 22.1 Å². The summed E-state index contributed by atoms with van der Waals surface area (Å²) in [6, 6.07) is 3.94. The van der Waals surface area contributed by atoms with Gasteiger partial charge in [0, 0.05) is 24.5 Å². The van der Waals surface area contributed by atoms with Gasteiger partial charge < -0.3 is 5.73 Å². The Morgan fingerprint density at radius 2 is 2.05 bits per heavy atom. The van der Waals surface area contributed by atoms with Crippen LogP contribution in [0.1, 0.15) is 44.0 Å². The molecule has 2 rings (SSSR count). The fourth-order valence-electron chi connectivity index (χ4n) is 2.11. The first-order chi connectivity index (χ1) is 10.0. The molecule has 0 aliphatic rings. The van der Waals surface area contributed by atoms with E-state index in [-0.39, 0.29) is 23.0 Å². The van der Waals surface area contributed by atoms with Crippen LogP contribution < -0.4 is 11.4 Å². The summed E-state index contributed by atoms with van der Waals surface area (Å²) in [6.45, 7) is 5.98. The van der Waals surface area contributed by atoms with Crippen LogP contribution in [0.5, 0.6) is 0 Å². The highest BCUT2D eigenvalue weighted by Gasteiger charge is 2.23. The largest absolute Gasteiger partial charge is 0.344 e. The van der Waals surface area contributed by atoms with Gasteiger partial charge in [-0.1, -0.05) is 18.7 Å². The molecule has 2 aromatic heterocycles. The average Bonchev–Trinajstić information content (AvgIpc) is 2.85. The molecule has 7 heteroatoms. The molecule has 2 aromatic rings. The molecule has 0 spiro atoms. The molecule has 21 heavy (non-hydrogen) atoms. The third-order valence-corrected chi connectivity index (χ3v) is 4.69. The number of aromatic amines is 1. The van der Waals surface area contributed by atoms with Crippen molar-refractivity contribution in [2.75, 3.05) is 0 Å². The molecule has 0 bridgehead atoms. The molecule has 0 radical (unpaired) electrons. The van der Waals surface area contributed by atoms with Gasteiger partial charge in [-0.15, -0.1) is 5.10 Å². The fraction of sp³-hybridized carbons (Fsp3) is 0.500. The fourth-order valence-corrected chi connectivity index (χ4v) is 3.51. The molecule has 2 heterocycles. The van der Waals surface area contributed by atoms with Crippen LogP contribution in [0.2, 0.25) is 0 Å². The Balaban J connectivity index is 2.34. The zero-order valence-electron chi connectivity index (χ0n) is 12.5. The molecule has 2 unspecified atom stereocenters. The number of nitrogens with zero attached hydrogens (tertiary/aromatic N) is 3. The number of nitrogens with two attached hydrogens (primary N) is 1. The predicted molar refractivity (Wildman–Crippen MR) is 84.3 cm³/mol. The second-order valence-electron chi connectivity index (χ2n) is 5.17. The summed E-state index contributed by atoms with van der Waals surface area (Å²) < 4.78 is 1.65.